The number of allylic oxidation sites excluding steroid dienone is 2. The predicted octanol–water partition coefficient (Wildman–Crippen LogP) is 5.32. The minimum Gasteiger partial charge on any atom is -0.0868 e. The molecule has 2 bridgehead atoms. The van der Waals surface area contributed by atoms with Gasteiger partial charge < -0.3 is 0 Å². The zero-order valence-corrected chi connectivity index (χ0v) is 12.7. The Bertz CT molecular complexity index is 303. The summed E-state index contributed by atoms with van der Waals surface area (Å²) in [5.41, 5.74) is 2.69. The molecular weight excluding hydrogens is 260 g/mol. The zero-order valence-electron chi connectivity index (χ0n) is 11.1. The largest absolute Gasteiger partial charge is 0.0868 e. The van der Waals surface area contributed by atoms with Crippen molar-refractivity contribution >= 4 is 15.9 Å². The lowest BCUT2D eigenvalue weighted by atomic mass is 9.58. The first kappa shape index (κ1) is 12.7. The topological polar surface area (TPSA) is 0 Å². The predicted molar refractivity (Wildman–Crippen MR) is 74.9 cm³/mol. The summed E-state index contributed by atoms with van der Waals surface area (Å²) in [5, 5.41) is 0. The highest BCUT2D eigenvalue weighted by atomic mass is 79.9. The maximum absolute atomic E-state index is 3.98. The monoisotopic (exact) mass is 284 g/mol. The van der Waals surface area contributed by atoms with Crippen molar-refractivity contribution in [2.75, 3.05) is 0 Å². The van der Waals surface area contributed by atoms with Gasteiger partial charge >= 0.3 is 0 Å². The van der Waals surface area contributed by atoms with Gasteiger partial charge in [-0.1, -0.05) is 48.4 Å². The van der Waals surface area contributed by atoms with Crippen LogP contribution in [0.15, 0.2) is 11.6 Å². The second-order valence-electron chi connectivity index (χ2n) is 6.87. The van der Waals surface area contributed by atoms with E-state index >= 15 is 0 Å². The van der Waals surface area contributed by atoms with Crippen LogP contribution in [0.4, 0.5) is 0 Å². The van der Waals surface area contributed by atoms with Crippen molar-refractivity contribution in [2.45, 2.75) is 64.6 Å². The molecule has 0 spiro atoms. The Balaban J connectivity index is 2.34. The molecule has 0 aromatic rings. The second-order valence-corrected chi connectivity index (χ2v) is 7.86. The number of fused-ring (bicyclic) bond motifs is 5. The molecule has 92 valence electrons. The first-order valence-electron chi connectivity index (χ1n) is 6.69. The second kappa shape index (κ2) is 4.15. The van der Waals surface area contributed by atoms with Crippen LogP contribution >= 0.6 is 15.9 Å². The zero-order chi connectivity index (χ0) is 12.0. The minimum atomic E-state index is 0.469. The lowest BCUT2D eigenvalue weighted by Crippen LogP contribution is -2.40. The standard InChI is InChI=1S/C15H25Br/c1-5-12-13(16)11-6-7-15(12,4)9-8-14(2,3)10-11/h5,11,13H,6-10H2,1-4H3. The Morgan fingerprint density at radius 3 is 2.50 bits per heavy atom. The number of alkyl halides is 1. The van der Waals surface area contributed by atoms with Crippen LogP contribution in [0.25, 0.3) is 0 Å². The molecule has 0 N–H and O–H groups in total. The summed E-state index contributed by atoms with van der Waals surface area (Å²) >= 11 is 3.98. The van der Waals surface area contributed by atoms with Gasteiger partial charge in [0.1, 0.15) is 0 Å². The lowest BCUT2D eigenvalue weighted by molar-refractivity contribution is 0.120. The molecule has 0 amide bonds. The van der Waals surface area contributed by atoms with Gasteiger partial charge in [-0.05, 0) is 55.8 Å². The maximum Gasteiger partial charge on any atom is 0.0388 e. The number of hydrogen-bond acceptors (Lipinski definition) is 0. The minimum absolute atomic E-state index is 0.469. The lowest BCUT2D eigenvalue weighted by Gasteiger charge is -2.49. The molecule has 0 aromatic heterocycles. The summed E-state index contributed by atoms with van der Waals surface area (Å²) < 4.78 is 0. The fourth-order valence-corrected chi connectivity index (χ4v) is 5.06. The Morgan fingerprint density at radius 1 is 1.19 bits per heavy atom. The molecule has 3 fully saturated rings. The van der Waals surface area contributed by atoms with Crippen LogP contribution in [0.5, 0.6) is 0 Å². The summed E-state index contributed by atoms with van der Waals surface area (Å²) in [6.45, 7) is 9.60. The van der Waals surface area contributed by atoms with E-state index in [1.54, 1.807) is 5.57 Å². The maximum atomic E-state index is 3.98. The highest BCUT2D eigenvalue weighted by Crippen LogP contribution is 2.55. The summed E-state index contributed by atoms with van der Waals surface area (Å²) in [6, 6.07) is 0. The van der Waals surface area contributed by atoms with Gasteiger partial charge in [0.15, 0.2) is 0 Å². The van der Waals surface area contributed by atoms with E-state index in [0.717, 1.165) is 5.92 Å². The van der Waals surface area contributed by atoms with Gasteiger partial charge in [-0.25, -0.2) is 0 Å². The van der Waals surface area contributed by atoms with E-state index in [1.165, 1.54) is 32.1 Å². The van der Waals surface area contributed by atoms with Crippen LogP contribution in [-0.2, 0) is 0 Å². The third-order valence-corrected chi connectivity index (χ3v) is 6.20. The molecule has 0 radical (unpaired) electrons. The molecule has 1 heteroatoms. The quantitative estimate of drug-likeness (QED) is 0.417. The van der Waals surface area contributed by atoms with Crippen LogP contribution in [0.2, 0.25) is 0 Å². The van der Waals surface area contributed by atoms with Gasteiger partial charge in [-0.3, -0.25) is 0 Å². The molecule has 3 saturated carbocycles. The van der Waals surface area contributed by atoms with E-state index in [4.69, 9.17) is 0 Å². The molecule has 0 heterocycles. The first-order valence-corrected chi connectivity index (χ1v) is 7.60. The third kappa shape index (κ3) is 2.12. The van der Waals surface area contributed by atoms with Gasteiger partial charge in [-0.2, -0.15) is 0 Å². The number of halogens is 1. The van der Waals surface area contributed by atoms with Crippen molar-refractivity contribution in [3.8, 4) is 0 Å². The van der Waals surface area contributed by atoms with Crippen molar-refractivity contribution in [2.24, 2.45) is 16.7 Å². The van der Waals surface area contributed by atoms with Crippen molar-refractivity contribution in [3.05, 3.63) is 11.6 Å². The molecule has 0 aliphatic heterocycles. The first-order chi connectivity index (χ1) is 7.38. The molecule has 3 aliphatic carbocycles. The van der Waals surface area contributed by atoms with Crippen LogP contribution < -0.4 is 0 Å². The molecule has 0 saturated heterocycles. The van der Waals surface area contributed by atoms with E-state index in [0.29, 0.717) is 15.7 Å². The molecule has 3 rings (SSSR count). The average molecular weight is 285 g/mol. The van der Waals surface area contributed by atoms with Gasteiger partial charge in [-0.15, -0.1) is 0 Å². The Morgan fingerprint density at radius 2 is 1.88 bits per heavy atom. The molecule has 0 aromatic carbocycles. The highest BCUT2D eigenvalue weighted by Gasteiger charge is 2.44. The molecular formula is C15H25Br. The molecule has 3 aliphatic rings. The van der Waals surface area contributed by atoms with Gasteiger partial charge in [0.25, 0.3) is 0 Å². The van der Waals surface area contributed by atoms with Crippen LogP contribution in [0.1, 0.15) is 59.8 Å². The van der Waals surface area contributed by atoms with E-state index in [-0.39, 0.29) is 0 Å². The highest BCUT2D eigenvalue weighted by molar-refractivity contribution is 9.09. The SMILES string of the molecule is CC=C1C(Br)C2CCC1(C)CCC(C)(C)C2. The van der Waals surface area contributed by atoms with Crippen molar-refractivity contribution < 1.29 is 0 Å². The van der Waals surface area contributed by atoms with Crippen LogP contribution in [-0.4, -0.2) is 4.83 Å². The van der Waals surface area contributed by atoms with Crippen molar-refractivity contribution in [1.29, 1.82) is 0 Å². The normalized spacial score (nSPS) is 45.4. The molecule has 3 unspecified atom stereocenters. The molecule has 16 heavy (non-hydrogen) atoms. The van der Waals surface area contributed by atoms with Crippen molar-refractivity contribution in [1.82, 2.24) is 0 Å². The van der Waals surface area contributed by atoms with E-state index in [1.807, 2.05) is 0 Å². The van der Waals surface area contributed by atoms with Gasteiger partial charge in [0.05, 0.1) is 0 Å². The molecule has 3 atom stereocenters. The Hall–Kier alpha value is 0.220. The van der Waals surface area contributed by atoms with Gasteiger partial charge in [0, 0.05) is 4.83 Å². The summed E-state index contributed by atoms with van der Waals surface area (Å²) in [5.74, 6) is 0.856. The van der Waals surface area contributed by atoms with Crippen molar-refractivity contribution in [3.63, 3.8) is 0 Å². The Labute approximate surface area is 109 Å². The number of hydrogen-bond donors (Lipinski definition) is 0. The smallest absolute Gasteiger partial charge is 0.0388 e. The summed E-state index contributed by atoms with van der Waals surface area (Å²) in [4.78, 5) is 0.635. The van der Waals surface area contributed by atoms with Crippen LogP contribution in [0.3, 0.4) is 0 Å². The van der Waals surface area contributed by atoms with Gasteiger partial charge in [0.2, 0.25) is 0 Å². The van der Waals surface area contributed by atoms with E-state index in [9.17, 15) is 0 Å². The van der Waals surface area contributed by atoms with Crippen LogP contribution in [0, 0.1) is 16.7 Å². The fraction of sp³-hybridized carbons (Fsp3) is 0.867. The summed E-state index contributed by atoms with van der Waals surface area (Å²) in [6.07, 6.45) is 9.33. The number of rotatable bonds is 0. The van der Waals surface area contributed by atoms with E-state index in [2.05, 4.69) is 49.7 Å². The summed E-state index contributed by atoms with van der Waals surface area (Å²) in [7, 11) is 0. The fourth-order valence-electron chi connectivity index (χ4n) is 3.79. The average Bonchev–Trinajstić information content (AvgIpc) is 2.20. The third-order valence-electron chi connectivity index (χ3n) is 4.95. The Kier molecular flexibility index (Phi) is 3.29. The molecule has 0 nitrogen and oxygen atoms in total. The van der Waals surface area contributed by atoms with E-state index < -0.39 is 0 Å².